The van der Waals surface area contributed by atoms with E-state index in [-0.39, 0.29) is 17.9 Å². The first kappa shape index (κ1) is 14.7. The number of nitrogens with zero attached hydrogens (tertiary/aromatic N) is 1. The Labute approximate surface area is 119 Å². The minimum Gasteiger partial charge on any atom is -0.342 e. The smallest absolute Gasteiger partial charge is 0.246 e. The largest absolute Gasteiger partial charge is 0.342 e. The molecule has 19 heavy (non-hydrogen) atoms. The molecule has 1 saturated heterocycles. The van der Waals surface area contributed by atoms with Crippen LogP contribution in [0.2, 0.25) is 0 Å². The summed E-state index contributed by atoms with van der Waals surface area (Å²) in [5.41, 5.74) is -0.670. The van der Waals surface area contributed by atoms with Crippen molar-refractivity contribution in [1.82, 2.24) is 10.2 Å². The zero-order valence-electron chi connectivity index (χ0n) is 12.1. The third kappa shape index (κ3) is 2.76. The van der Waals surface area contributed by atoms with Gasteiger partial charge >= 0.3 is 0 Å². The summed E-state index contributed by atoms with van der Waals surface area (Å²) in [6.45, 7) is 6.66. The molecule has 1 heterocycles. The van der Waals surface area contributed by atoms with E-state index < -0.39 is 5.54 Å². The van der Waals surface area contributed by atoms with Gasteiger partial charge in [0.2, 0.25) is 11.8 Å². The number of carbonyl (C=O) groups excluding carboxylic acids is 2. The fourth-order valence-corrected chi connectivity index (χ4v) is 3.25. The molecule has 2 atom stereocenters. The van der Waals surface area contributed by atoms with Crippen molar-refractivity contribution in [2.75, 3.05) is 18.1 Å². The normalized spacial score (nSPS) is 31.5. The second-order valence-electron chi connectivity index (χ2n) is 5.60. The highest BCUT2D eigenvalue weighted by Crippen LogP contribution is 2.37. The van der Waals surface area contributed by atoms with Crippen LogP contribution in [0.4, 0.5) is 0 Å². The fraction of sp³-hybridized carbons (Fsp3) is 0.857. The van der Waals surface area contributed by atoms with Gasteiger partial charge in [0.05, 0.1) is 0 Å². The summed E-state index contributed by atoms with van der Waals surface area (Å²) >= 11 is 1.82. The average molecular weight is 284 g/mol. The Hall–Kier alpha value is -0.710. The van der Waals surface area contributed by atoms with Gasteiger partial charge in [-0.3, -0.25) is 9.59 Å². The van der Waals surface area contributed by atoms with Crippen molar-refractivity contribution in [3.63, 3.8) is 0 Å². The molecule has 2 fully saturated rings. The van der Waals surface area contributed by atoms with E-state index in [1.807, 2.05) is 30.5 Å². The first-order valence-corrected chi connectivity index (χ1v) is 8.40. The van der Waals surface area contributed by atoms with Gasteiger partial charge in [-0.2, -0.15) is 11.8 Å². The predicted molar refractivity (Wildman–Crippen MR) is 78.1 cm³/mol. The first-order valence-electron chi connectivity index (χ1n) is 7.24. The molecule has 5 heteroatoms. The monoisotopic (exact) mass is 284 g/mol. The summed E-state index contributed by atoms with van der Waals surface area (Å²) in [4.78, 5) is 26.8. The molecule has 2 rings (SSSR count). The van der Waals surface area contributed by atoms with Crippen molar-refractivity contribution in [2.24, 2.45) is 5.92 Å². The maximum absolute atomic E-state index is 12.6. The molecule has 1 aliphatic carbocycles. The number of nitrogens with one attached hydrogen (secondary N) is 1. The van der Waals surface area contributed by atoms with Gasteiger partial charge in [0.1, 0.15) is 11.6 Å². The Morgan fingerprint density at radius 2 is 2.05 bits per heavy atom. The van der Waals surface area contributed by atoms with Gasteiger partial charge in [0, 0.05) is 12.3 Å². The molecular weight excluding hydrogens is 260 g/mol. The standard InChI is InChI=1S/C14H24N2O2S/c1-4-14(3)13(18)15-11(10-6-7-10)12(17)16(14)8-9-19-5-2/h10-11H,4-9H2,1-3H3,(H,15,18). The molecule has 0 aromatic heterocycles. The van der Waals surface area contributed by atoms with Crippen LogP contribution in [-0.4, -0.2) is 46.3 Å². The Morgan fingerprint density at radius 1 is 1.37 bits per heavy atom. The number of thioether (sulfide) groups is 1. The van der Waals surface area contributed by atoms with Crippen molar-refractivity contribution in [1.29, 1.82) is 0 Å². The highest BCUT2D eigenvalue weighted by atomic mass is 32.2. The molecule has 2 unspecified atom stereocenters. The molecule has 1 saturated carbocycles. The van der Waals surface area contributed by atoms with E-state index in [0.717, 1.165) is 24.3 Å². The number of carbonyl (C=O) groups is 2. The lowest BCUT2D eigenvalue weighted by atomic mass is 9.89. The van der Waals surface area contributed by atoms with Crippen LogP contribution in [0, 0.1) is 5.92 Å². The van der Waals surface area contributed by atoms with Crippen molar-refractivity contribution >= 4 is 23.6 Å². The van der Waals surface area contributed by atoms with Crippen molar-refractivity contribution < 1.29 is 9.59 Å². The quantitative estimate of drug-likeness (QED) is 0.755. The lowest BCUT2D eigenvalue weighted by molar-refractivity contribution is -0.156. The van der Waals surface area contributed by atoms with Crippen LogP contribution >= 0.6 is 11.8 Å². The summed E-state index contributed by atoms with van der Waals surface area (Å²) in [5, 5.41) is 2.95. The molecular formula is C14H24N2O2S. The number of hydrogen-bond acceptors (Lipinski definition) is 3. The van der Waals surface area contributed by atoms with E-state index in [9.17, 15) is 9.59 Å². The van der Waals surface area contributed by atoms with E-state index in [4.69, 9.17) is 0 Å². The van der Waals surface area contributed by atoms with Gasteiger partial charge in [0.25, 0.3) is 0 Å². The predicted octanol–water partition coefficient (Wildman–Crippen LogP) is 1.65. The molecule has 0 spiro atoms. The zero-order valence-corrected chi connectivity index (χ0v) is 12.9. The van der Waals surface area contributed by atoms with Crippen molar-refractivity contribution in [3.05, 3.63) is 0 Å². The van der Waals surface area contributed by atoms with Crippen LogP contribution in [0.5, 0.6) is 0 Å². The lowest BCUT2D eigenvalue weighted by Gasteiger charge is -2.46. The van der Waals surface area contributed by atoms with Gasteiger partial charge in [-0.1, -0.05) is 13.8 Å². The SMILES string of the molecule is CCSCCN1C(=O)C(C2CC2)NC(=O)C1(C)CC. The highest BCUT2D eigenvalue weighted by Gasteiger charge is 2.51. The van der Waals surface area contributed by atoms with E-state index in [1.165, 1.54) is 0 Å². The molecule has 0 radical (unpaired) electrons. The van der Waals surface area contributed by atoms with Crippen LogP contribution in [0.3, 0.4) is 0 Å². The van der Waals surface area contributed by atoms with Gasteiger partial charge in [-0.25, -0.2) is 0 Å². The molecule has 4 nitrogen and oxygen atoms in total. The molecule has 0 bridgehead atoms. The number of hydrogen-bond donors (Lipinski definition) is 1. The number of rotatable bonds is 6. The summed E-state index contributed by atoms with van der Waals surface area (Å²) in [6.07, 6.45) is 2.80. The second-order valence-corrected chi connectivity index (χ2v) is 7.00. The number of amides is 2. The van der Waals surface area contributed by atoms with E-state index >= 15 is 0 Å². The maximum atomic E-state index is 12.6. The maximum Gasteiger partial charge on any atom is 0.246 e. The molecule has 1 aliphatic heterocycles. The zero-order chi connectivity index (χ0) is 14.0. The van der Waals surface area contributed by atoms with Crippen LogP contribution in [0.25, 0.3) is 0 Å². The Kier molecular flexibility index (Phi) is 4.43. The summed E-state index contributed by atoms with van der Waals surface area (Å²) in [5.74, 6) is 2.47. The summed E-state index contributed by atoms with van der Waals surface area (Å²) in [6, 6.07) is -0.265. The molecule has 2 amide bonds. The number of piperazine rings is 1. The van der Waals surface area contributed by atoms with Crippen LogP contribution in [0.1, 0.15) is 40.0 Å². The molecule has 0 aromatic rings. The summed E-state index contributed by atoms with van der Waals surface area (Å²) in [7, 11) is 0. The summed E-state index contributed by atoms with van der Waals surface area (Å²) < 4.78 is 0. The van der Waals surface area contributed by atoms with E-state index in [1.54, 1.807) is 0 Å². The van der Waals surface area contributed by atoms with Crippen molar-refractivity contribution in [3.8, 4) is 0 Å². The van der Waals surface area contributed by atoms with Crippen LogP contribution in [-0.2, 0) is 9.59 Å². The Balaban J connectivity index is 2.14. The Morgan fingerprint density at radius 3 is 2.58 bits per heavy atom. The molecule has 2 aliphatic rings. The highest BCUT2D eigenvalue weighted by molar-refractivity contribution is 7.99. The van der Waals surface area contributed by atoms with Gasteiger partial charge in [-0.05, 0) is 37.9 Å². The van der Waals surface area contributed by atoms with Crippen LogP contribution in [0.15, 0.2) is 0 Å². The van der Waals surface area contributed by atoms with E-state index in [2.05, 4.69) is 12.2 Å². The minimum absolute atomic E-state index is 0.0213. The first-order chi connectivity index (χ1) is 9.04. The third-order valence-electron chi connectivity index (χ3n) is 4.35. The fourth-order valence-electron chi connectivity index (χ4n) is 2.65. The average Bonchev–Trinajstić information content (AvgIpc) is 3.22. The lowest BCUT2D eigenvalue weighted by Crippen LogP contribution is -2.70. The molecule has 108 valence electrons. The van der Waals surface area contributed by atoms with Crippen LogP contribution < -0.4 is 5.32 Å². The minimum atomic E-state index is -0.670. The third-order valence-corrected chi connectivity index (χ3v) is 5.23. The van der Waals surface area contributed by atoms with Gasteiger partial charge < -0.3 is 10.2 Å². The molecule has 0 aromatic carbocycles. The van der Waals surface area contributed by atoms with Gasteiger partial charge in [-0.15, -0.1) is 0 Å². The topological polar surface area (TPSA) is 49.4 Å². The van der Waals surface area contributed by atoms with E-state index in [0.29, 0.717) is 18.9 Å². The molecule has 1 N–H and O–H groups in total. The van der Waals surface area contributed by atoms with Crippen molar-refractivity contribution in [2.45, 2.75) is 51.6 Å². The van der Waals surface area contributed by atoms with Gasteiger partial charge in [0.15, 0.2) is 0 Å². The Bertz CT molecular complexity index is 370. The second kappa shape index (κ2) is 5.73.